The second-order valence-electron chi connectivity index (χ2n) is 4.99. The molecule has 1 aliphatic heterocycles. The Morgan fingerprint density at radius 2 is 2.10 bits per heavy atom. The number of amides is 2. The molecule has 1 aliphatic rings. The summed E-state index contributed by atoms with van der Waals surface area (Å²) in [5.41, 5.74) is 1.80. The first-order valence-corrected chi connectivity index (χ1v) is 6.96. The Morgan fingerprint density at radius 1 is 1.33 bits per heavy atom. The maximum atomic E-state index is 11.9. The number of hydrogen-bond acceptors (Lipinski definition) is 3. The predicted molar refractivity (Wildman–Crippen MR) is 79.6 cm³/mol. The molecule has 0 bridgehead atoms. The van der Waals surface area contributed by atoms with Crippen molar-refractivity contribution in [3.8, 4) is 5.69 Å². The Hall–Kier alpha value is -2.63. The van der Waals surface area contributed by atoms with Gasteiger partial charge in [-0.1, -0.05) is 25.1 Å². The fourth-order valence-corrected chi connectivity index (χ4v) is 2.55. The SMILES string of the molecule is CCCN1C(=O)NC(=N)C1c1cnn(-c2ccccc2)c1. The Morgan fingerprint density at radius 3 is 2.81 bits per heavy atom. The lowest BCUT2D eigenvalue weighted by atomic mass is 10.1. The number of para-hydroxylation sites is 1. The molecule has 1 atom stereocenters. The molecule has 1 aromatic heterocycles. The minimum atomic E-state index is -0.366. The van der Waals surface area contributed by atoms with Crippen LogP contribution in [0.25, 0.3) is 5.69 Å². The topological polar surface area (TPSA) is 74.0 Å². The molecule has 2 N–H and O–H groups in total. The van der Waals surface area contributed by atoms with E-state index in [0.29, 0.717) is 6.54 Å². The Kier molecular flexibility index (Phi) is 3.43. The lowest BCUT2D eigenvalue weighted by Crippen LogP contribution is -2.30. The summed E-state index contributed by atoms with van der Waals surface area (Å²) in [7, 11) is 0. The molecule has 1 unspecified atom stereocenters. The maximum absolute atomic E-state index is 11.9. The summed E-state index contributed by atoms with van der Waals surface area (Å²) < 4.78 is 1.76. The molecule has 1 fully saturated rings. The van der Waals surface area contributed by atoms with Gasteiger partial charge in [-0.15, -0.1) is 0 Å². The molecule has 0 radical (unpaired) electrons. The van der Waals surface area contributed by atoms with Crippen LogP contribution in [0, 0.1) is 5.41 Å². The largest absolute Gasteiger partial charge is 0.323 e. The highest BCUT2D eigenvalue weighted by Crippen LogP contribution is 2.26. The molecule has 0 saturated carbocycles. The predicted octanol–water partition coefficient (Wildman–Crippen LogP) is 2.33. The normalized spacial score (nSPS) is 18.1. The molecule has 6 nitrogen and oxygen atoms in total. The number of benzene rings is 1. The standard InChI is InChI=1S/C15H17N5O/c1-2-8-19-13(14(16)18-15(19)21)11-9-17-20(10-11)12-6-4-3-5-7-12/h3-7,9-10,13H,2,8H2,1H3,(H2,16,18,21). The molecule has 0 spiro atoms. The molecule has 1 aromatic carbocycles. The van der Waals surface area contributed by atoms with Crippen LogP contribution in [0.4, 0.5) is 4.79 Å². The molecule has 6 heteroatoms. The molecule has 2 amide bonds. The number of urea groups is 1. The van der Waals surface area contributed by atoms with Gasteiger partial charge in [-0.25, -0.2) is 9.48 Å². The number of rotatable bonds is 4. The van der Waals surface area contributed by atoms with Crippen molar-refractivity contribution in [2.45, 2.75) is 19.4 Å². The second kappa shape index (κ2) is 5.40. The summed E-state index contributed by atoms with van der Waals surface area (Å²) in [5, 5.41) is 14.9. The molecule has 21 heavy (non-hydrogen) atoms. The Balaban J connectivity index is 1.92. The zero-order chi connectivity index (χ0) is 14.8. The molecule has 0 aliphatic carbocycles. The fourth-order valence-electron chi connectivity index (χ4n) is 2.55. The lowest BCUT2D eigenvalue weighted by Gasteiger charge is -2.20. The monoisotopic (exact) mass is 283 g/mol. The highest BCUT2D eigenvalue weighted by Gasteiger charge is 2.36. The number of aromatic nitrogens is 2. The van der Waals surface area contributed by atoms with Crippen LogP contribution in [0.15, 0.2) is 42.7 Å². The van der Waals surface area contributed by atoms with Crippen molar-refractivity contribution in [1.29, 1.82) is 5.41 Å². The van der Waals surface area contributed by atoms with Crippen molar-refractivity contribution in [3.63, 3.8) is 0 Å². The molecule has 3 rings (SSSR count). The first kappa shape index (κ1) is 13.4. The van der Waals surface area contributed by atoms with Crippen LogP contribution in [-0.2, 0) is 0 Å². The molecule has 2 heterocycles. The average Bonchev–Trinajstić information content (AvgIpc) is 3.06. The molecule has 108 valence electrons. The van der Waals surface area contributed by atoms with Crippen molar-refractivity contribution in [2.75, 3.05) is 6.54 Å². The highest BCUT2D eigenvalue weighted by molar-refractivity contribution is 6.05. The average molecular weight is 283 g/mol. The van der Waals surface area contributed by atoms with Gasteiger partial charge in [0.15, 0.2) is 0 Å². The summed E-state index contributed by atoms with van der Waals surface area (Å²) >= 11 is 0. The number of nitrogens with zero attached hydrogens (tertiary/aromatic N) is 3. The molecular weight excluding hydrogens is 266 g/mol. The third kappa shape index (κ3) is 2.40. The number of amidine groups is 1. The number of carbonyl (C=O) groups excluding carboxylic acids is 1. The zero-order valence-corrected chi connectivity index (χ0v) is 11.8. The number of carbonyl (C=O) groups is 1. The van der Waals surface area contributed by atoms with Gasteiger partial charge in [0.2, 0.25) is 0 Å². The third-order valence-electron chi connectivity index (χ3n) is 3.49. The van der Waals surface area contributed by atoms with Crippen LogP contribution in [0.3, 0.4) is 0 Å². The van der Waals surface area contributed by atoms with E-state index in [0.717, 1.165) is 17.7 Å². The van der Waals surface area contributed by atoms with Crippen LogP contribution in [0.5, 0.6) is 0 Å². The van der Waals surface area contributed by atoms with E-state index in [9.17, 15) is 4.79 Å². The minimum Gasteiger partial charge on any atom is -0.310 e. The lowest BCUT2D eigenvalue weighted by molar-refractivity contribution is 0.206. The van der Waals surface area contributed by atoms with Gasteiger partial charge < -0.3 is 4.90 Å². The van der Waals surface area contributed by atoms with E-state index in [1.54, 1.807) is 15.8 Å². The summed E-state index contributed by atoms with van der Waals surface area (Å²) in [6.07, 6.45) is 4.44. The van der Waals surface area contributed by atoms with Crippen molar-refractivity contribution >= 4 is 11.9 Å². The van der Waals surface area contributed by atoms with Gasteiger partial charge in [0.05, 0.1) is 11.9 Å². The summed E-state index contributed by atoms with van der Waals surface area (Å²) in [6.45, 7) is 2.63. The van der Waals surface area contributed by atoms with Gasteiger partial charge in [-0.2, -0.15) is 5.10 Å². The second-order valence-corrected chi connectivity index (χ2v) is 4.99. The molecule has 1 saturated heterocycles. The fraction of sp³-hybridized carbons (Fsp3) is 0.267. The van der Waals surface area contributed by atoms with E-state index in [1.165, 1.54) is 0 Å². The Labute approximate surface area is 122 Å². The summed E-state index contributed by atoms with van der Waals surface area (Å²) in [6, 6.07) is 9.19. The van der Waals surface area contributed by atoms with Crippen molar-refractivity contribution in [1.82, 2.24) is 20.0 Å². The number of nitrogens with one attached hydrogen (secondary N) is 2. The Bertz CT molecular complexity index is 664. The van der Waals surface area contributed by atoms with Gasteiger partial charge in [0, 0.05) is 18.3 Å². The maximum Gasteiger partial charge on any atom is 0.323 e. The number of hydrogen-bond donors (Lipinski definition) is 2. The zero-order valence-electron chi connectivity index (χ0n) is 11.8. The van der Waals surface area contributed by atoms with Gasteiger partial charge in [-0.05, 0) is 18.6 Å². The van der Waals surface area contributed by atoms with Crippen molar-refractivity contribution < 1.29 is 4.79 Å². The van der Waals surface area contributed by atoms with E-state index in [1.807, 2.05) is 43.5 Å². The van der Waals surface area contributed by atoms with Crippen LogP contribution in [0.1, 0.15) is 24.9 Å². The first-order valence-electron chi connectivity index (χ1n) is 6.96. The van der Waals surface area contributed by atoms with Gasteiger partial charge in [-0.3, -0.25) is 10.7 Å². The van der Waals surface area contributed by atoms with Crippen molar-refractivity contribution in [2.24, 2.45) is 0 Å². The quantitative estimate of drug-likeness (QED) is 0.903. The van der Waals surface area contributed by atoms with Gasteiger partial charge in [0.25, 0.3) is 0 Å². The minimum absolute atomic E-state index is 0.209. The van der Waals surface area contributed by atoms with E-state index in [4.69, 9.17) is 5.41 Å². The van der Waals surface area contributed by atoms with Crippen molar-refractivity contribution in [3.05, 3.63) is 48.3 Å². The summed E-state index contributed by atoms with van der Waals surface area (Å²) in [4.78, 5) is 13.6. The van der Waals surface area contributed by atoms with E-state index in [2.05, 4.69) is 10.4 Å². The van der Waals surface area contributed by atoms with E-state index in [-0.39, 0.29) is 17.9 Å². The van der Waals surface area contributed by atoms with Crippen LogP contribution < -0.4 is 5.32 Å². The van der Waals surface area contributed by atoms with Crippen LogP contribution in [0.2, 0.25) is 0 Å². The van der Waals surface area contributed by atoms with E-state index >= 15 is 0 Å². The van der Waals surface area contributed by atoms with Gasteiger partial charge >= 0.3 is 6.03 Å². The first-order chi connectivity index (χ1) is 10.2. The highest BCUT2D eigenvalue weighted by atomic mass is 16.2. The molecular formula is C15H17N5O. The van der Waals surface area contributed by atoms with Gasteiger partial charge in [0.1, 0.15) is 11.9 Å². The van der Waals surface area contributed by atoms with E-state index < -0.39 is 0 Å². The third-order valence-corrected chi connectivity index (χ3v) is 3.49. The smallest absolute Gasteiger partial charge is 0.310 e. The summed E-state index contributed by atoms with van der Waals surface area (Å²) in [5.74, 6) is 0.209. The van der Waals surface area contributed by atoms with Crippen LogP contribution >= 0.6 is 0 Å². The molecule has 2 aromatic rings. The van der Waals surface area contributed by atoms with Crippen LogP contribution in [-0.4, -0.2) is 33.1 Å².